The van der Waals surface area contributed by atoms with Crippen molar-refractivity contribution in [3.8, 4) is 0 Å². The number of nitrogens with one attached hydrogen (secondary N) is 14. The molecule has 2 aliphatic heterocycles. The molecule has 3 heterocycles. The molecule has 5 aromatic carbocycles. The summed E-state index contributed by atoms with van der Waals surface area (Å²) in [6.07, 6.45) is 3.46. The average Bonchev–Trinajstić information content (AvgIpc) is 1.65. The number of aromatic nitrogens is 1. The Labute approximate surface area is 687 Å². The van der Waals surface area contributed by atoms with Crippen LogP contribution in [-0.2, 0) is 94.4 Å². The van der Waals surface area contributed by atoms with E-state index < -0.39 is 175 Å². The molecule has 0 saturated carbocycles. The lowest BCUT2D eigenvalue weighted by molar-refractivity contribution is -0.142. The number of carbonyl (C=O) groups is 15. The molecule has 118 heavy (non-hydrogen) atoms. The Kier molecular flexibility index (Phi) is 34.4. The number of fused-ring (bicyclic) bond motifs is 1. The maximum atomic E-state index is 15.5. The largest absolute Gasteiger partial charge is 0.394 e. The molecule has 1 aromatic heterocycles. The minimum atomic E-state index is -1.92. The standard InChI is InChI=1S/C83H105ClN18O16/c1-46(2)37-62(73(108)93-61(16-9-10-35-88-47(3)4)81(116)102-36-12-17-69(102)80(115)89-48(5)71(85)106)94-74(109)64(40-53-23-31-59(32-24-53)92-82(86)117)96-76(111)65(41-52-21-29-58(30-22-52)91-70(105)43-67-78(113)101-83(118)100-67)98-79(114)68(45-103)99-77(112)66(42-54-13-11-34-87-44-54)97-75(110)63(39-51-19-27-57(84)28-20-51)95-72(107)60(90-49(6)104)33-25-50-18-26-55-14-7-8-15-56(55)38-50/h7-8,11,13-15,18-24,26-32,34,38,44,46-48,60-69,88,103H,9-10,12,16-17,25,33,35-37,39-43,45H2,1-6H3,(H2,85,106)(H,89,115)(H,90,104)(H,91,105)(H,93,108)(H,94,109)(H,95,107)(H,96,111)(H,97,110)(H,98,114)(H,99,112)(H3,86,92,117)(H2,100,101,113,118)/t48-,60-,61+,62+,63-,64-,65+,66?,67?,68+,69+/m1/s1. The van der Waals surface area contributed by atoms with Crippen molar-refractivity contribution < 1.29 is 77.0 Å². The number of aryl methyl sites for hydroxylation is 1. The minimum Gasteiger partial charge on any atom is -0.394 e. The van der Waals surface area contributed by atoms with Crippen LogP contribution in [0.5, 0.6) is 0 Å². The maximum absolute atomic E-state index is 15.5. The fourth-order valence-electron chi connectivity index (χ4n) is 13.5. The van der Waals surface area contributed by atoms with Gasteiger partial charge in [0, 0.05) is 74.0 Å². The number of benzene rings is 5. The zero-order chi connectivity index (χ0) is 85.7. The van der Waals surface area contributed by atoms with E-state index in [1.165, 1.54) is 79.7 Å². The summed E-state index contributed by atoms with van der Waals surface area (Å²) in [5.41, 5.74) is 13.8. The second-order valence-corrected chi connectivity index (χ2v) is 30.5. The number of aliphatic hydroxyl groups excluding tert-OH is 1. The van der Waals surface area contributed by atoms with Gasteiger partial charge in [-0.25, -0.2) is 9.59 Å². The van der Waals surface area contributed by atoms with Crippen molar-refractivity contribution in [2.75, 3.05) is 30.3 Å². The van der Waals surface area contributed by atoms with Gasteiger partial charge in [0.1, 0.15) is 66.5 Å². The number of hydrogen-bond acceptors (Lipinski definition) is 18. The van der Waals surface area contributed by atoms with Crippen molar-refractivity contribution in [2.24, 2.45) is 17.4 Å². The molecular weight excluding hydrogens is 1540 g/mol. The number of anilines is 2. The first-order chi connectivity index (χ1) is 56.3. The number of rotatable bonds is 43. The molecule has 19 N–H and O–H groups in total. The van der Waals surface area contributed by atoms with Crippen LogP contribution in [0.4, 0.5) is 21.0 Å². The lowest BCUT2D eigenvalue weighted by Crippen LogP contribution is -2.62. The zero-order valence-corrected chi connectivity index (χ0v) is 67.4. The number of nitrogens with two attached hydrogens (primary N) is 2. The molecular formula is C83H105ClN18O16. The Bertz CT molecular complexity index is 4560. The van der Waals surface area contributed by atoms with E-state index in [1.54, 1.807) is 50.2 Å². The summed E-state index contributed by atoms with van der Waals surface area (Å²) in [7, 11) is 0. The van der Waals surface area contributed by atoms with Gasteiger partial charge in [0.2, 0.25) is 70.9 Å². The van der Waals surface area contributed by atoms with Gasteiger partial charge in [0.25, 0.3) is 5.91 Å². The van der Waals surface area contributed by atoms with Gasteiger partial charge in [0.15, 0.2) is 0 Å². The third kappa shape index (κ3) is 28.8. The van der Waals surface area contributed by atoms with Crippen LogP contribution in [0.2, 0.25) is 5.02 Å². The number of aliphatic hydroxyl groups is 1. The third-order valence-electron chi connectivity index (χ3n) is 19.7. The smallest absolute Gasteiger partial charge is 0.322 e. The van der Waals surface area contributed by atoms with E-state index in [2.05, 4.69) is 79.4 Å². The van der Waals surface area contributed by atoms with E-state index >= 15 is 14.4 Å². The van der Waals surface area contributed by atoms with Crippen molar-refractivity contribution in [3.63, 3.8) is 0 Å². The van der Waals surface area contributed by atoms with Gasteiger partial charge < -0.3 is 90.6 Å². The highest BCUT2D eigenvalue weighted by molar-refractivity contribution is 6.30. The number of hydrogen-bond donors (Lipinski definition) is 17. The summed E-state index contributed by atoms with van der Waals surface area (Å²) in [5, 5.41) is 50.6. The monoisotopic (exact) mass is 1640 g/mol. The van der Waals surface area contributed by atoms with Gasteiger partial charge in [-0.3, -0.25) is 72.6 Å². The number of carbonyl (C=O) groups excluding carboxylic acids is 15. The number of primary amides is 2. The Morgan fingerprint density at radius 3 is 1.58 bits per heavy atom. The van der Waals surface area contributed by atoms with Crippen LogP contribution in [-0.4, -0.2) is 196 Å². The summed E-state index contributed by atoms with van der Waals surface area (Å²) in [6.45, 7) is 9.77. The first kappa shape index (κ1) is 91.1. The molecule has 17 amide bonds. The van der Waals surface area contributed by atoms with Gasteiger partial charge in [-0.2, -0.15) is 0 Å². The minimum absolute atomic E-state index is 0.0257. The molecule has 2 unspecified atom stereocenters. The second-order valence-electron chi connectivity index (χ2n) is 30.1. The maximum Gasteiger partial charge on any atom is 0.322 e. The van der Waals surface area contributed by atoms with Crippen molar-refractivity contribution in [3.05, 3.63) is 173 Å². The third-order valence-corrected chi connectivity index (χ3v) is 20.0. The molecule has 34 nitrogen and oxygen atoms in total. The molecule has 11 atom stereocenters. The van der Waals surface area contributed by atoms with E-state index in [1.807, 2.05) is 56.3 Å². The number of unbranched alkanes of at least 4 members (excludes halogenated alkanes) is 1. The predicted molar refractivity (Wildman–Crippen MR) is 439 cm³/mol. The number of pyridine rings is 1. The Balaban J connectivity index is 1.09. The quantitative estimate of drug-likeness (QED) is 0.0192. The Morgan fingerprint density at radius 1 is 0.551 bits per heavy atom. The number of imide groups is 1. The molecule has 0 bridgehead atoms. The molecule has 8 rings (SSSR count). The first-order valence-electron chi connectivity index (χ1n) is 39.2. The molecule has 6 aromatic rings. The van der Waals surface area contributed by atoms with Crippen LogP contribution in [0.15, 0.2) is 140 Å². The summed E-state index contributed by atoms with van der Waals surface area (Å²) < 4.78 is 0. The number of likely N-dealkylation sites (tertiary alicyclic amines) is 1. The molecule has 0 spiro atoms. The normalized spacial score (nSPS) is 16.0. The molecule has 35 heteroatoms. The van der Waals surface area contributed by atoms with Gasteiger partial charge in [0.05, 0.1) is 13.0 Å². The number of halogens is 1. The highest BCUT2D eigenvalue weighted by Crippen LogP contribution is 2.24. The van der Waals surface area contributed by atoms with Gasteiger partial charge in [-0.1, -0.05) is 124 Å². The summed E-state index contributed by atoms with van der Waals surface area (Å²) in [4.78, 5) is 213. The summed E-state index contributed by atoms with van der Waals surface area (Å²) in [5.74, 6) is -10.8. The second kappa shape index (κ2) is 44.6. The van der Waals surface area contributed by atoms with E-state index in [4.69, 9.17) is 23.1 Å². The van der Waals surface area contributed by atoms with Crippen molar-refractivity contribution in [2.45, 2.75) is 198 Å². The van der Waals surface area contributed by atoms with E-state index in [9.17, 15) is 62.6 Å². The lowest BCUT2D eigenvalue weighted by Gasteiger charge is -2.31. The Morgan fingerprint density at radius 2 is 1.06 bits per heavy atom. The highest BCUT2D eigenvalue weighted by Gasteiger charge is 2.41. The molecule has 2 saturated heterocycles. The molecule has 630 valence electrons. The topological polar surface area (TPSA) is 513 Å². The first-order valence-corrected chi connectivity index (χ1v) is 39.6. The fraction of sp³-hybridized carbons (Fsp3) is 0.422. The van der Waals surface area contributed by atoms with E-state index in [-0.39, 0.29) is 74.8 Å². The van der Waals surface area contributed by atoms with Crippen LogP contribution >= 0.6 is 11.6 Å². The molecule has 2 aliphatic rings. The van der Waals surface area contributed by atoms with Crippen LogP contribution in [0, 0.1) is 5.92 Å². The number of nitrogens with zero attached hydrogens (tertiary/aromatic N) is 2. The van der Waals surface area contributed by atoms with E-state index in [0.29, 0.717) is 59.5 Å². The van der Waals surface area contributed by atoms with Gasteiger partial charge in [-0.15, -0.1) is 0 Å². The van der Waals surface area contributed by atoms with Crippen molar-refractivity contribution in [1.82, 2.24) is 73.7 Å². The average molecular weight is 1650 g/mol. The van der Waals surface area contributed by atoms with E-state index in [0.717, 1.165) is 16.3 Å². The summed E-state index contributed by atoms with van der Waals surface area (Å²) >= 11 is 6.27. The zero-order valence-electron chi connectivity index (χ0n) is 66.6. The van der Waals surface area contributed by atoms with Crippen molar-refractivity contribution >= 4 is 123 Å². The lowest BCUT2D eigenvalue weighted by atomic mass is 9.99. The van der Waals surface area contributed by atoms with Crippen LogP contribution < -0.4 is 85.9 Å². The van der Waals surface area contributed by atoms with Crippen LogP contribution in [0.25, 0.3) is 10.8 Å². The molecule has 2 fully saturated rings. The highest BCUT2D eigenvalue weighted by atomic mass is 35.5. The number of urea groups is 2. The van der Waals surface area contributed by atoms with Crippen molar-refractivity contribution in [1.29, 1.82) is 0 Å². The Hall–Kier alpha value is -12.4. The van der Waals surface area contributed by atoms with Gasteiger partial charge >= 0.3 is 12.1 Å². The molecule has 0 aliphatic carbocycles. The fourth-order valence-corrected chi connectivity index (χ4v) is 13.7. The van der Waals surface area contributed by atoms with Crippen LogP contribution in [0.1, 0.15) is 121 Å². The van der Waals surface area contributed by atoms with Crippen LogP contribution in [0.3, 0.4) is 0 Å². The molecule has 0 radical (unpaired) electrons. The predicted octanol–water partition coefficient (Wildman–Crippen LogP) is 1.90. The summed E-state index contributed by atoms with van der Waals surface area (Å²) in [6, 6.07) is 18.1. The SMILES string of the molecule is CC(=O)N[C@H](CCc1ccc2ccccc2c1)C(=O)N[C@H](Cc1ccc(Cl)cc1)C(=O)NC(Cc1cccnc1)C(=O)N[C@@H](CO)C(=O)N[C@@H](Cc1ccc(NC(=O)CC2NC(=O)NC2=O)cc1)C(=O)N[C@H](Cc1ccc(NC(N)=O)cc1)C(=O)N[C@@H](CC(C)C)C(=O)N[C@@H](CCCCNC(C)C)C(=O)N1CCC[C@H]1C(=O)N[C@H](C)C(N)=O. The number of amides is 17. The van der Waals surface area contributed by atoms with Gasteiger partial charge in [-0.05, 0) is 152 Å².